The van der Waals surface area contributed by atoms with E-state index < -0.39 is 0 Å². The smallest absolute Gasteiger partial charge is 0.292 e. The van der Waals surface area contributed by atoms with E-state index in [0.29, 0.717) is 10.8 Å². The summed E-state index contributed by atoms with van der Waals surface area (Å²) < 4.78 is 5.25. The zero-order valence-corrected chi connectivity index (χ0v) is 8.93. The van der Waals surface area contributed by atoms with Crippen LogP contribution in [-0.2, 0) is 0 Å². The van der Waals surface area contributed by atoms with Crippen molar-refractivity contribution in [3.05, 3.63) is 40.3 Å². The number of aryl methyl sites for hydroxylation is 1. The maximum atomic E-state index is 5.86. The molecule has 14 heavy (non-hydrogen) atoms. The molecule has 0 aliphatic rings. The van der Waals surface area contributed by atoms with Gasteiger partial charge in [-0.3, -0.25) is 0 Å². The van der Waals surface area contributed by atoms with Crippen molar-refractivity contribution in [2.45, 2.75) is 6.92 Å². The summed E-state index contributed by atoms with van der Waals surface area (Å²) in [5, 5.41) is 0.812. The molecule has 0 N–H and O–H groups in total. The standard InChI is InChI=1S/C10H7Cl2NO/c1-6-9(14-10(12)13-6)7-3-2-4-8(11)5-7/h2-5H,1H3. The summed E-state index contributed by atoms with van der Waals surface area (Å²) in [7, 11) is 0. The fourth-order valence-corrected chi connectivity index (χ4v) is 1.66. The predicted molar refractivity (Wildman–Crippen MR) is 56.7 cm³/mol. The van der Waals surface area contributed by atoms with Gasteiger partial charge in [0.1, 0.15) is 0 Å². The van der Waals surface area contributed by atoms with Crippen LogP contribution in [0.15, 0.2) is 28.7 Å². The number of nitrogens with zero attached hydrogens (tertiary/aromatic N) is 1. The zero-order chi connectivity index (χ0) is 10.1. The van der Waals surface area contributed by atoms with Crippen molar-refractivity contribution in [1.82, 2.24) is 4.98 Å². The van der Waals surface area contributed by atoms with Gasteiger partial charge in [-0.1, -0.05) is 23.7 Å². The maximum Gasteiger partial charge on any atom is 0.292 e. The maximum absolute atomic E-state index is 5.86. The fourth-order valence-electron chi connectivity index (χ4n) is 1.26. The van der Waals surface area contributed by atoms with Crippen LogP contribution in [0.2, 0.25) is 10.4 Å². The normalized spacial score (nSPS) is 10.5. The van der Waals surface area contributed by atoms with E-state index in [1.165, 1.54) is 0 Å². The molecule has 0 amide bonds. The molecular weight excluding hydrogens is 221 g/mol. The van der Waals surface area contributed by atoms with E-state index >= 15 is 0 Å². The number of hydrogen-bond donors (Lipinski definition) is 0. The first kappa shape index (κ1) is 9.56. The number of benzene rings is 1. The van der Waals surface area contributed by atoms with E-state index in [0.717, 1.165) is 11.3 Å². The monoisotopic (exact) mass is 227 g/mol. The highest BCUT2D eigenvalue weighted by Crippen LogP contribution is 2.27. The molecule has 0 unspecified atom stereocenters. The fraction of sp³-hybridized carbons (Fsp3) is 0.100. The van der Waals surface area contributed by atoms with E-state index in [1.807, 2.05) is 25.1 Å². The predicted octanol–water partition coefficient (Wildman–Crippen LogP) is 3.96. The number of aromatic nitrogens is 1. The van der Waals surface area contributed by atoms with Crippen molar-refractivity contribution in [2.24, 2.45) is 0 Å². The molecule has 0 saturated heterocycles. The van der Waals surface area contributed by atoms with Gasteiger partial charge in [0.2, 0.25) is 0 Å². The quantitative estimate of drug-likeness (QED) is 0.738. The topological polar surface area (TPSA) is 26.0 Å². The third kappa shape index (κ3) is 1.76. The second-order valence-corrected chi connectivity index (χ2v) is 3.65. The van der Waals surface area contributed by atoms with E-state index in [2.05, 4.69) is 4.98 Å². The van der Waals surface area contributed by atoms with E-state index in [4.69, 9.17) is 27.6 Å². The highest BCUT2D eigenvalue weighted by Gasteiger charge is 2.09. The first-order valence-corrected chi connectivity index (χ1v) is 4.81. The van der Waals surface area contributed by atoms with Crippen LogP contribution in [0.25, 0.3) is 11.3 Å². The van der Waals surface area contributed by atoms with Gasteiger partial charge >= 0.3 is 0 Å². The SMILES string of the molecule is Cc1nc(Cl)oc1-c1cccc(Cl)c1. The number of hydrogen-bond acceptors (Lipinski definition) is 2. The summed E-state index contributed by atoms with van der Waals surface area (Å²) in [6.07, 6.45) is 0. The van der Waals surface area contributed by atoms with Crippen LogP contribution in [0.4, 0.5) is 0 Å². The van der Waals surface area contributed by atoms with E-state index in [9.17, 15) is 0 Å². The minimum Gasteiger partial charge on any atom is -0.427 e. The Labute approximate surface area is 91.5 Å². The molecule has 0 radical (unpaired) electrons. The van der Waals surface area contributed by atoms with Gasteiger partial charge in [0.05, 0.1) is 5.69 Å². The first-order chi connectivity index (χ1) is 6.66. The Morgan fingerprint density at radius 2 is 2.07 bits per heavy atom. The van der Waals surface area contributed by atoms with Crippen molar-refractivity contribution < 1.29 is 4.42 Å². The van der Waals surface area contributed by atoms with Gasteiger partial charge in [0, 0.05) is 10.6 Å². The van der Waals surface area contributed by atoms with Gasteiger partial charge in [0.25, 0.3) is 5.35 Å². The molecule has 0 saturated carbocycles. The summed E-state index contributed by atoms with van der Waals surface area (Å²) in [5.74, 6) is 0.664. The summed E-state index contributed by atoms with van der Waals surface area (Å²) in [5.41, 5.74) is 1.65. The summed E-state index contributed by atoms with van der Waals surface area (Å²) in [4.78, 5) is 3.97. The van der Waals surface area contributed by atoms with Gasteiger partial charge in [-0.05, 0) is 30.7 Å². The third-order valence-electron chi connectivity index (χ3n) is 1.86. The molecule has 4 heteroatoms. The molecule has 0 spiro atoms. The first-order valence-electron chi connectivity index (χ1n) is 4.05. The molecule has 0 atom stereocenters. The van der Waals surface area contributed by atoms with Crippen LogP contribution in [0.1, 0.15) is 5.69 Å². The molecule has 2 aromatic rings. The Morgan fingerprint density at radius 1 is 1.29 bits per heavy atom. The second kappa shape index (κ2) is 3.64. The molecule has 0 bridgehead atoms. The Hall–Kier alpha value is -0.990. The van der Waals surface area contributed by atoms with Gasteiger partial charge in [0.15, 0.2) is 5.76 Å². The van der Waals surface area contributed by atoms with Crippen LogP contribution in [0.3, 0.4) is 0 Å². The minimum absolute atomic E-state index is 0.150. The second-order valence-electron chi connectivity index (χ2n) is 2.89. The van der Waals surface area contributed by atoms with E-state index in [1.54, 1.807) is 6.07 Å². The Kier molecular flexibility index (Phi) is 2.48. The third-order valence-corrected chi connectivity index (χ3v) is 2.25. The van der Waals surface area contributed by atoms with Crippen LogP contribution in [0.5, 0.6) is 0 Å². The van der Waals surface area contributed by atoms with Gasteiger partial charge < -0.3 is 4.42 Å². The highest BCUT2D eigenvalue weighted by atomic mass is 35.5. The molecular formula is C10H7Cl2NO. The zero-order valence-electron chi connectivity index (χ0n) is 7.42. The molecule has 0 aliphatic carbocycles. The largest absolute Gasteiger partial charge is 0.427 e. The average molecular weight is 228 g/mol. The lowest BCUT2D eigenvalue weighted by molar-refractivity contribution is 0.573. The van der Waals surface area contributed by atoms with Crippen molar-refractivity contribution in [2.75, 3.05) is 0 Å². The van der Waals surface area contributed by atoms with Crippen molar-refractivity contribution in [3.8, 4) is 11.3 Å². The van der Waals surface area contributed by atoms with Crippen LogP contribution in [0, 0.1) is 6.92 Å². The van der Waals surface area contributed by atoms with E-state index in [-0.39, 0.29) is 5.35 Å². The van der Waals surface area contributed by atoms with Crippen molar-refractivity contribution in [3.63, 3.8) is 0 Å². The molecule has 1 aromatic heterocycles. The number of halogens is 2. The lowest BCUT2D eigenvalue weighted by Crippen LogP contribution is -1.78. The van der Waals surface area contributed by atoms with Gasteiger partial charge in [-0.25, -0.2) is 4.98 Å². The summed E-state index contributed by atoms with van der Waals surface area (Å²) in [6.45, 7) is 1.84. The molecule has 0 fully saturated rings. The molecule has 2 rings (SSSR count). The molecule has 0 aliphatic heterocycles. The number of oxazole rings is 1. The average Bonchev–Trinajstić information content (AvgIpc) is 2.45. The minimum atomic E-state index is 0.150. The molecule has 2 nitrogen and oxygen atoms in total. The van der Waals surface area contributed by atoms with Crippen LogP contribution in [-0.4, -0.2) is 4.98 Å². The summed E-state index contributed by atoms with van der Waals surface area (Å²) >= 11 is 11.5. The van der Waals surface area contributed by atoms with Crippen molar-refractivity contribution in [1.29, 1.82) is 0 Å². The highest BCUT2D eigenvalue weighted by molar-refractivity contribution is 6.30. The lowest BCUT2D eigenvalue weighted by Gasteiger charge is -1.97. The Bertz CT molecular complexity index is 465. The molecule has 1 aromatic carbocycles. The van der Waals surface area contributed by atoms with Gasteiger partial charge in [-0.15, -0.1) is 0 Å². The van der Waals surface area contributed by atoms with Gasteiger partial charge in [-0.2, -0.15) is 0 Å². The lowest BCUT2D eigenvalue weighted by atomic mass is 10.1. The van der Waals surface area contributed by atoms with Crippen molar-refractivity contribution >= 4 is 23.2 Å². The van der Waals surface area contributed by atoms with Crippen LogP contribution < -0.4 is 0 Å². The number of rotatable bonds is 1. The Morgan fingerprint density at radius 3 is 2.64 bits per heavy atom. The van der Waals surface area contributed by atoms with Crippen LogP contribution >= 0.6 is 23.2 Å². The Balaban J connectivity index is 2.54. The molecule has 1 heterocycles. The molecule has 72 valence electrons. The summed E-state index contributed by atoms with van der Waals surface area (Å²) in [6, 6.07) is 7.37.